The summed E-state index contributed by atoms with van der Waals surface area (Å²) in [5.74, 6) is 1.99. The number of hydrogen-bond acceptors (Lipinski definition) is 5. The van der Waals surface area contributed by atoms with Crippen molar-refractivity contribution in [2.45, 2.75) is 51.2 Å². The first-order valence-electron chi connectivity index (χ1n) is 10.8. The van der Waals surface area contributed by atoms with Crippen LogP contribution in [0.15, 0.2) is 48.5 Å². The number of likely N-dealkylation sites (tertiary alicyclic amines) is 1. The summed E-state index contributed by atoms with van der Waals surface area (Å²) in [6, 6.07) is 15.1. The molecular formula is C25H33NO5. The predicted octanol–water partition coefficient (Wildman–Crippen LogP) is 3.80. The SMILES string of the molecule is COc1cccc(O[C@H]2CCN(C(=O)COc3ccccc3C(C)(C)C)CC[C@@H]2O)c1. The summed E-state index contributed by atoms with van der Waals surface area (Å²) in [4.78, 5) is 14.6. The van der Waals surface area contributed by atoms with Gasteiger partial charge in [0.2, 0.25) is 0 Å². The fraction of sp³-hybridized carbons (Fsp3) is 0.480. The van der Waals surface area contributed by atoms with Crippen molar-refractivity contribution in [1.29, 1.82) is 0 Å². The molecule has 31 heavy (non-hydrogen) atoms. The fourth-order valence-electron chi connectivity index (χ4n) is 3.74. The van der Waals surface area contributed by atoms with Crippen molar-refractivity contribution < 1.29 is 24.1 Å². The predicted molar refractivity (Wildman–Crippen MR) is 120 cm³/mol. The number of para-hydroxylation sites is 1. The second-order valence-electron chi connectivity index (χ2n) is 8.90. The molecule has 0 aromatic heterocycles. The number of methoxy groups -OCH3 is 1. The third kappa shape index (κ3) is 6.14. The number of rotatable bonds is 6. The van der Waals surface area contributed by atoms with Gasteiger partial charge in [0.25, 0.3) is 5.91 Å². The van der Waals surface area contributed by atoms with E-state index in [0.29, 0.717) is 37.4 Å². The highest BCUT2D eigenvalue weighted by molar-refractivity contribution is 5.77. The van der Waals surface area contributed by atoms with Gasteiger partial charge >= 0.3 is 0 Å². The number of aliphatic hydroxyl groups is 1. The molecule has 1 aliphatic rings. The molecule has 0 unspecified atom stereocenters. The van der Waals surface area contributed by atoms with Gasteiger partial charge in [-0.05, 0) is 35.6 Å². The second-order valence-corrected chi connectivity index (χ2v) is 8.90. The number of aliphatic hydroxyl groups excluding tert-OH is 1. The van der Waals surface area contributed by atoms with E-state index in [1.807, 2.05) is 42.5 Å². The first-order chi connectivity index (χ1) is 14.8. The molecule has 2 aromatic carbocycles. The number of amides is 1. The van der Waals surface area contributed by atoms with Gasteiger partial charge in [-0.25, -0.2) is 0 Å². The van der Waals surface area contributed by atoms with Crippen LogP contribution in [0.2, 0.25) is 0 Å². The maximum Gasteiger partial charge on any atom is 0.260 e. The lowest BCUT2D eigenvalue weighted by Gasteiger charge is -2.24. The molecule has 1 aliphatic heterocycles. The number of carbonyl (C=O) groups excluding carboxylic acids is 1. The first-order valence-corrected chi connectivity index (χ1v) is 10.8. The van der Waals surface area contributed by atoms with E-state index in [-0.39, 0.29) is 24.0 Å². The van der Waals surface area contributed by atoms with E-state index in [0.717, 1.165) is 11.3 Å². The molecule has 3 rings (SSSR count). The van der Waals surface area contributed by atoms with E-state index in [9.17, 15) is 9.90 Å². The highest BCUT2D eigenvalue weighted by Crippen LogP contribution is 2.31. The van der Waals surface area contributed by atoms with Gasteiger partial charge in [-0.15, -0.1) is 0 Å². The molecule has 1 fully saturated rings. The monoisotopic (exact) mass is 427 g/mol. The van der Waals surface area contributed by atoms with E-state index >= 15 is 0 Å². The van der Waals surface area contributed by atoms with Crippen LogP contribution in [0.3, 0.4) is 0 Å². The minimum absolute atomic E-state index is 0.0232. The molecule has 0 spiro atoms. The Labute approximate surface area is 184 Å². The van der Waals surface area contributed by atoms with Gasteiger partial charge in [-0.2, -0.15) is 0 Å². The van der Waals surface area contributed by atoms with Crippen molar-refractivity contribution in [1.82, 2.24) is 4.90 Å². The Kier molecular flexibility index (Phi) is 7.44. The van der Waals surface area contributed by atoms with Crippen LogP contribution in [0, 0.1) is 0 Å². The van der Waals surface area contributed by atoms with Gasteiger partial charge in [-0.3, -0.25) is 4.79 Å². The van der Waals surface area contributed by atoms with Crippen molar-refractivity contribution in [3.63, 3.8) is 0 Å². The van der Waals surface area contributed by atoms with Crippen molar-refractivity contribution in [2.24, 2.45) is 0 Å². The van der Waals surface area contributed by atoms with Crippen LogP contribution in [0.5, 0.6) is 17.2 Å². The van der Waals surface area contributed by atoms with Gasteiger partial charge in [-0.1, -0.05) is 45.0 Å². The number of hydrogen-bond donors (Lipinski definition) is 1. The smallest absolute Gasteiger partial charge is 0.260 e. The average Bonchev–Trinajstić information content (AvgIpc) is 2.93. The van der Waals surface area contributed by atoms with Crippen LogP contribution in [0.4, 0.5) is 0 Å². The molecule has 1 N–H and O–H groups in total. The highest BCUT2D eigenvalue weighted by atomic mass is 16.5. The summed E-state index contributed by atoms with van der Waals surface area (Å²) in [5, 5.41) is 10.5. The molecule has 6 heteroatoms. The Morgan fingerprint density at radius 2 is 1.77 bits per heavy atom. The number of nitrogens with zero attached hydrogens (tertiary/aromatic N) is 1. The third-order valence-electron chi connectivity index (χ3n) is 5.54. The Morgan fingerprint density at radius 1 is 1.06 bits per heavy atom. The largest absolute Gasteiger partial charge is 0.497 e. The molecule has 0 radical (unpaired) electrons. The highest BCUT2D eigenvalue weighted by Gasteiger charge is 2.29. The number of benzene rings is 2. The molecular weight excluding hydrogens is 394 g/mol. The Bertz CT molecular complexity index is 876. The first kappa shape index (κ1) is 22.9. The Morgan fingerprint density at radius 3 is 2.52 bits per heavy atom. The van der Waals surface area contributed by atoms with Crippen LogP contribution in [-0.4, -0.2) is 54.9 Å². The van der Waals surface area contributed by atoms with Crippen molar-refractivity contribution >= 4 is 5.91 Å². The summed E-state index contributed by atoms with van der Waals surface area (Å²) in [6.45, 7) is 7.32. The topological polar surface area (TPSA) is 68.2 Å². The van der Waals surface area contributed by atoms with Crippen LogP contribution >= 0.6 is 0 Å². The zero-order chi connectivity index (χ0) is 22.4. The quantitative estimate of drug-likeness (QED) is 0.759. The minimum atomic E-state index is -0.647. The lowest BCUT2D eigenvalue weighted by atomic mass is 9.86. The zero-order valence-corrected chi connectivity index (χ0v) is 18.8. The average molecular weight is 428 g/mol. The van der Waals surface area contributed by atoms with Crippen molar-refractivity contribution in [3.8, 4) is 17.2 Å². The summed E-state index contributed by atoms with van der Waals surface area (Å²) >= 11 is 0. The number of carbonyl (C=O) groups is 1. The molecule has 0 aliphatic carbocycles. The molecule has 1 heterocycles. The van der Waals surface area contributed by atoms with E-state index in [2.05, 4.69) is 20.8 Å². The fourth-order valence-corrected chi connectivity index (χ4v) is 3.74. The van der Waals surface area contributed by atoms with Gasteiger partial charge in [0.1, 0.15) is 23.4 Å². The van der Waals surface area contributed by atoms with E-state index in [4.69, 9.17) is 14.2 Å². The standard InChI is InChI=1S/C25H33NO5/c1-25(2,3)20-10-5-6-11-22(20)30-17-24(28)26-14-12-21(27)23(13-15-26)31-19-9-7-8-18(16-19)29-4/h5-11,16,21,23,27H,12-15,17H2,1-4H3/t21-,23-/m0/s1. The van der Waals surface area contributed by atoms with Gasteiger partial charge in [0.05, 0.1) is 13.2 Å². The van der Waals surface area contributed by atoms with Gasteiger partial charge in [0, 0.05) is 25.6 Å². The number of ether oxygens (including phenoxy) is 3. The van der Waals surface area contributed by atoms with Crippen LogP contribution < -0.4 is 14.2 Å². The van der Waals surface area contributed by atoms with Crippen molar-refractivity contribution in [3.05, 3.63) is 54.1 Å². The summed E-state index contributed by atoms with van der Waals surface area (Å²) in [6.07, 6.45) is -0.0271. The zero-order valence-electron chi connectivity index (χ0n) is 18.8. The van der Waals surface area contributed by atoms with Gasteiger partial charge < -0.3 is 24.2 Å². The van der Waals surface area contributed by atoms with Gasteiger partial charge in [0.15, 0.2) is 6.61 Å². The molecule has 0 bridgehead atoms. The van der Waals surface area contributed by atoms with Crippen molar-refractivity contribution in [2.75, 3.05) is 26.8 Å². The third-order valence-corrected chi connectivity index (χ3v) is 5.54. The van der Waals surface area contributed by atoms with Crippen LogP contribution in [-0.2, 0) is 10.2 Å². The maximum atomic E-state index is 12.8. The molecule has 0 saturated carbocycles. The van der Waals surface area contributed by atoms with E-state index in [1.165, 1.54) is 0 Å². The van der Waals surface area contributed by atoms with E-state index in [1.54, 1.807) is 18.1 Å². The molecule has 6 nitrogen and oxygen atoms in total. The molecule has 2 atom stereocenters. The molecule has 1 saturated heterocycles. The van der Waals surface area contributed by atoms with Crippen LogP contribution in [0.1, 0.15) is 39.2 Å². The maximum absolute atomic E-state index is 12.8. The summed E-state index contributed by atoms with van der Waals surface area (Å²) < 4.78 is 17.1. The van der Waals surface area contributed by atoms with E-state index < -0.39 is 6.10 Å². The summed E-state index contributed by atoms with van der Waals surface area (Å²) in [7, 11) is 1.60. The van der Waals surface area contributed by atoms with Crippen LogP contribution in [0.25, 0.3) is 0 Å². The Balaban J connectivity index is 1.58. The molecule has 2 aromatic rings. The molecule has 1 amide bonds. The minimum Gasteiger partial charge on any atom is -0.497 e. The lowest BCUT2D eigenvalue weighted by molar-refractivity contribution is -0.133. The lowest BCUT2D eigenvalue weighted by Crippen LogP contribution is -2.36. The summed E-state index contributed by atoms with van der Waals surface area (Å²) in [5.41, 5.74) is 0.998. The Hall–Kier alpha value is -2.73. The normalized spacial score (nSPS) is 19.5. The molecule has 168 valence electrons. The second kappa shape index (κ2) is 10.1.